The number of hydrogen-bond donors (Lipinski definition) is 1. The zero-order valence-corrected chi connectivity index (χ0v) is 17.4. The number of aryl methyl sites for hydroxylation is 1. The second-order valence-corrected chi connectivity index (χ2v) is 9.01. The van der Waals surface area contributed by atoms with Crippen molar-refractivity contribution < 1.29 is 14.4 Å². The van der Waals surface area contributed by atoms with Crippen molar-refractivity contribution in [3.05, 3.63) is 46.5 Å². The molecule has 8 heteroatoms. The number of carbonyl (C=O) groups excluding carboxylic acids is 3. The van der Waals surface area contributed by atoms with Gasteiger partial charge in [0.25, 0.3) is 5.91 Å². The fourth-order valence-electron chi connectivity index (χ4n) is 4.29. The molecule has 2 aliphatic heterocycles. The Morgan fingerprint density at radius 2 is 1.97 bits per heavy atom. The molecule has 152 valence electrons. The Labute approximate surface area is 173 Å². The third-order valence-electron chi connectivity index (χ3n) is 5.89. The van der Waals surface area contributed by atoms with Crippen molar-refractivity contribution in [3.8, 4) is 0 Å². The third-order valence-corrected chi connectivity index (χ3v) is 6.72. The molecular weight excluding hydrogens is 388 g/mol. The molecule has 3 heterocycles. The van der Waals surface area contributed by atoms with Crippen molar-refractivity contribution in [2.75, 3.05) is 18.4 Å². The van der Waals surface area contributed by atoms with Gasteiger partial charge in [0.1, 0.15) is 0 Å². The van der Waals surface area contributed by atoms with Crippen molar-refractivity contribution in [1.29, 1.82) is 0 Å². The van der Waals surface area contributed by atoms with Gasteiger partial charge in [-0.25, -0.2) is 4.98 Å². The molecule has 0 unspecified atom stereocenters. The highest BCUT2D eigenvalue weighted by molar-refractivity contribution is 7.15. The van der Waals surface area contributed by atoms with Gasteiger partial charge in [0.05, 0.1) is 12.0 Å². The lowest BCUT2D eigenvalue weighted by atomic mass is 9.82. The number of likely N-dealkylation sites (tertiary alicyclic amines) is 1. The van der Waals surface area contributed by atoms with Crippen LogP contribution in [0.25, 0.3) is 0 Å². The van der Waals surface area contributed by atoms with Gasteiger partial charge >= 0.3 is 0 Å². The van der Waals surface area contributed by atoms with Crippen molar-refractivity contribution in [2.24, 2.45) is 0 Å². The first-order valence-electron chi connectivity index (χ1n) is 9.76. The Balaban J connectivity index is 1.58. The van der Waals surface area contributed by atoms with E-state index >= 15 is 0 Å². The lowest BCUT2D eigenvalue weighted by Crippen LogP contribution is -2.57. The molecule has 1 N–H and O–H groups in total. The fraction of sp³-hybridized carbons (Fsp3) is 0.429. The highest BCUT2D eigenvalue weighted by atomic mass is 32.1. The topological polar surface area (TPSA) is 82.6 Å². The van der Waals surface area contributed by atoms with Crippen LogP contribution in [0.2, 0.25) is 0 Å². The fourth-order valence-corrected chi connectivity index (χ4v) is 4.97. The zero-order valence-electron chi connectivity index (χ0n) is 16.6. The van der Waals surface area contributed by atoms with E-state index < -0.39 is 5.54 Å². The summed E-state index contributed by atoms with van der Waals surface area (Å²) >= 11 is 1.43. The van der Waals surface area contributed by atoms with Crippen LogP contribution < -0.4 is 5.32 Å². The number of fused-ring (bicyclic) bond motifs is 1. The Morgan fingerprint density at radius 1 is 1.24 bits per heavy atom. The molecule has 4 rings (SSSR count). The minimum absolute atomic E-state index is 0.0253. The number of amides is 3. The van der Waals surface area contributed by atoms with E-state index in [9.17, 15) is 14.4 Å². The summed E-state index contributed by atoms with van der Waals surface area (Å²) in [4.78, 5) is 46.7. The summed E-state index contributed by atoms with van der Waals surface area (Å²) in [6.45, 7) is 5.07. The van der Waals surface area contributed by atoms with E-state index in [1.807, 2.05) is 36.1 Å². The van der Waals surface area contributed by atoms with Crippen LogP contribution in [0, 0.1) is 6.92 Å². The summed E-state index contributed by atoms with van der Waals surface area (Å²) in [5, 5.41) is 3.45. The van der Waals surface area contributed by atoms with E-state index in [2.05, 4.69) is 10.3 Å². The maximum atomic E-state index is 13.2. The number of thiazole rings is 1. The Kier molecular flexibility index (Phi) is 5.12. The van der Waals surface area contributed by atoms with E-state index in [4.69, 9.17) is 0 Å². The molecule has 0 saturated carbocycles. The molecule has 1 aromatic carbocycles. The van der Waals surface area contributed by atoms with Gasteiger partial charge in [0.15, 0.2) is 5.13 Å². The largest absolute Gasteiger partial charge is 0.343 e. The smallest absolute Gasteiger partial charge is 0.254 e. The molecule has 2 aromatic rings. The molecule has 3 amide bonds. The summed E-state index contributed by atoms with van der Waals surface area (Å²) in [5.74, 6) is -0.161. The zero-order chi connectivity index (χ0) is 20.6. The number of anilines is 1. The molecule has 29 heavy (non-hydrogen) atoms. The maximum absolute atomic E-state index is 13.2. The van der Waals surface area contributed by atoms with E-state index in [1.165, 1.54) is 11.3 Å². The average molecular weight is 413 g/mol. The molecular formula is C21H24N4O3S. The molecule has 0 spiro atoms. The van der Waals surface area contributed by atoms with E-state index in [0.717, 1.165) is 10.4 Å². The molecule has 7 nitrogen and oxygen atoms in total. The number of rotatable bonds is 4. The molecule has 1 aromatic heterocycles. The minimum Gasteiger partial charge on any atom is -0.343 e. The first kappa shape index (κ1) is 19.6. The van der Waals surface area contributed by atoms with Crippen molar-refractivity contribution >= 4 is 34.2 Å². The maximum Gasteiger partial charge on any atom is 0.254 e. The predicted octanol–water partition coefficient (Wildman–Crippen LogP) is 2.82. The quantitative estimate of drug-likeness (QED) is 0.837. The Hall–Kier alpha value is -2.74. The van der Waals surface area contributed by atoms with Crippen LogP contribution in [0.3, 0.4) is 0 Å². The van der Waals surface area contributed by atoms with Crippen LogP contribution >= 0.6 is 11.3 Å². The van der Waals surface area contributed by atoms with Gasteiger partial charge in [-0.1, -0.05) is 18.2 Å². The Bertz CT molecular complexity index is 962. The SMILES string of the molecule is CC(=O)N1CCC(CC(=O)Nc2ncc(C)s2)(N2Cc3ccccc3C2=O)CC1. The van der Waals surface area contributed by atoms with Crippen LogP contribution in [0.4, 0.5) is 5.13 Å². The number of piperidine rings is 1. The molecule has 0 bridgehead atoms. The third kappa shape index (κ3) is 3.76. The molecule has 0 radical (unpaired) electrons. The average Bonchev–Trinajstić information content (AvgIpc) is 3.25. The van der Waals surface area contributed by atoms with Gasteiger partial charge in [-0.2, -0.15) is 0 Å². The van der Waals surface area contributed by atoms with Gasteiger partial charge in [0.2, 0.25) is 11.8 Å². The van der Waals surface area contributed by atoms with E-state index in [0.29, 0.717) is 43.2 Å². The molecule has 1 fully saturated rings. The lowest BCUT2D eigenvalue weighted by Gasteiger charge is -2.47. The number of hydrogen-bond acceptors (Lipinski definition) is 5. The summed E-state index contributed by atoms with van der Waals surface area (Å²) in [7, 11) is 0. The number of nitrogens with one attached hydrogen (secondary N) is 1. The lowest BCUT2D eigenvalue weighted by molar-refractivity contribution is -0.131. The molecule has 1 saturated heterocycles. The number of aromatic nitrogens is 1. The number of nitrogens with zero attached hydrogens (tertiary/aromatic N) is 3. The second-order valence-electron chi connectivity index (χ2n) is 7.78. The first-order chi connectivity index (χ1) is 13.9. The van der Waals surface area contributed by atoms with Crippen molar-refractivity contribution in [3.63, 3.8) is 0 Å². The van der Waals surface area contributed by atoms with Crippen LogP contribution in [0.5, 0.6) is 0 Å². The van der Waals surface area contributed by atoms with Gasteiger partial charge in [0, 0.05) is 43.2 Å². The van der Waals surface area contributed by atoms with Crippen molar-refractivity contribution in [1.82, 2.24) is 14.8 Å². The van der Waals surface area contributed by atoms with Gasteiger partial charge in [-0.15, -0.1) is 11.3 Å². The minimum atomic E-state index is -0.613. The summed E-state index contributed by atoms with van der Waals surface area (Å²) < 4.78 is 0. The molecule has 0 aliphatic carbocycles. The normalized spacial score (nSPS) is 17.9. The summed E-state index contributed by atoms with van der Waals surface area (Å²) in [6, 6.07) is 7.60. The Morgan fingerprint density at radius 3 is 2.59 bits per heavy atom. The van der Waals surface area contributed by atoms with E-state index in [1.54, 1.807) is 18.0 Å². The molecule has 0 atom stereocenters. The second kappa shape index (κ2) is 7.59. The predicted molar refractivity (Wildman–Crippen MR) is 111 cm³/mol. The van der Waals surface area contributed by atoms with Gasteiger partial charge in [-0.05, 0) is 31.4 Å². The van der Waals surface area contributed by atoms with Crippen LogP contribution in [0.1, 0.15) is 47.0 Å². The highest BCUT2D eigenvalue weighted by Crippen LogP contribution is 2.39. The molecule has 2 aliphatic rings. The highest BCUT2D eigenvalue weighted by Gasteiger charge is 2.47. The summed E-state index contributed by atoms with van der Waals surface area (Å²) in [6.07, 6.45) is 3.08. The monoisotopic (exact) mass is 412 g/mol. The van der Waals surface area contributed by atoms with E-state index in [-0.39, 0.29) is 24.1 Å². The van der Waals surface area contributed by atoms with Crippen LogP contribution in [0.15, 0.2) is 30.5 Å². The van der Waals surface area contributed by atoms with Gasteiger partial charge in [-0.3, -0.25) is 14.4 Å². The van der Waals surface area contributed by atoms with Crippen molar-refractivity contribution in [2.45, 2.75) is 45.2 Å². The standard InChI is InChI=1S/C21H24N4O3S/c1-14-12-22-20(29-14)23-18(27)11-21(7-9-24(10-8-21)15(2)26)25-13-16-5-3-4-6-17(16)19(25)28/h3-6,12H,7-11,13H2,1-2H3,(H,22,23,27). The first-order valence-corrected chi connectivity index (χ1v) is 10.6. The van der Waals surface area contributed by atoms with Gasteiger partial charge < -0.3 is 15.1 Å². The number of benzene rings is 1. The van der Waals surface area contributed by atoms with Crippen LogP contribution in [-0.2, 0) is 16.1 Å². The van der Waals surface area contributed by atoms with Crippen LogP contribution in [-0.4, -0.2) is 51.1 Å². The summed E-state index contributed by atoms with van der Waals surface area (Å²) in [5.41, 5.74) is 1.08. The number of carbonyl (C=O) groups is 3.